The Morgan fingerprint density at radius 1 is 0.760 bits per heavy atom. The summed E-state index contributed by atoms with van der Waals surface area (Å²) in [5, 5.41) is 0. The molecule has 0 aliphatic heterocycles. The van der Waals surface area contributed by atoms with Crippen LogP contribution in [0.4, 0.5) is 13.2 Å². The second-order valence-corrected chi connectivity index (χ2v) is 5.69. The van der Waals surface area contributed by atoms with Crippen LogP contribution in [0.5, 0.6) is 11.5 Å². The van der Waals surface area contributed by atoms with Crippen LogP contribution in [0.2, 0.25) is 0 Å². The van der Waals surface area contributed by atoms with E-state index >= 15 is 0 Å². The molecule has 1 aliphatic carbocycles. The summed E-state index contributed by atoms with van der Waals surface area (Å²) >= 11 is 0. The third-order valence-corrected chi connectivity index (χ3v) is 4.21. The minimum atomic E-state index is -4.34. The lowest BCUT2D eigenvalue weighted by Gasteiger charge is -2.11. The lowest BCUT2D eigenvalue weighted by atomic mass is 9.96. The maximum atomic E-state index is 13.2. The molecule has 0 heterocycles. The Labute approximate surface area is 144 Å². The van der Waals surface area contributed by atoms with E-state index in [1.807, 2.05) is 0 Å². The molecule has 0 N–H and O–H groups in total. The molecule has 0 saturated heterocycles. The van der Waals surface area contributed by atoms with E-state index in [0.29, 0.717) is 22.6 Å². The van der Waals surface area contributed by atoms with Crippen molar-refractivity contribution < 1.29 is 22.6 Å². The second kappa shape index (κ2) is 6.67. The number of alkyl halides is 3. The fourth-order valence-electron chi connectivity index (χ4n) is 2.86. The number of benzene rings is 2. The number of rotatable bonds is 4. The van der Waals surface area contributed by atoms with Gasteiger partial charge in [0.15, 0.2) is 0 Å². The van der Waals surface area contributed by atoms with Gasteiger partial charge in [-0.25, -0.2) is 0 Å². The smallest absolute Gasteiger partial charge is 0.413 e. The number of allylic oxidation sites excluding steroid dienone is 4. The van der Waals surface area contributed by atoms with Crippen LogP contribution in [-0.4, -0.2) is 20.4 Å². The third kappa shape index (κ3) is 3.55. The molecular weight excluding hydrogens is 329 g/mol. The average molecular weight is 346 g/mol. The van der Waals surface area contributed by atoms with Gasteiger partial charge in [-0.05, 0) is 52.6 Å². The van der Waals surface area contributed by atoms with Crippen LogP contribution in [0.3, 0.4) is 0 Å². The van der Waals surface area contributed by atoms with Crippen molar-refractivity contribution in [2.45, 2.75) is 12.6 Å². The Morgan fingerprint density at radius 2 is 1.24 bits per heavy atom. The summed E-state index contributed by atoms with van der Waals surface area (Å²) in [6.07, 6.45) is -3.25. The Hall–Kier alpha value is -2.69. The van der Waals surface area contributed by atoms with E-state index in [-0.39, 0.29) is 6.42 Å². The molecule has 130 valence electrons. The first kappa shape index (κ1) is 17.1. The Kier molecular flexibility index (Phi) is 4.57. The summed E-state index contributed by atoms with van der Waals surface area (Å²) in [5.74, 6) is 1.32. The van der Waals surface area contributed by atoms with Crippen LogP contribution in [-0.2, 0) is 0 Å². The molecule has 0 atom stereocenters. The van der Waals surface area contributed by atoms with Gasteiger partial charge in [0, 0.05) is 12.0 Å². The second-order valence-electron chi connectivity index (χ2n) is 5.69. The van der Waals surface area contributed by atoms with Gasteiger partial charge in [-0.3, -0.25) is 0 Å². The van der Waals surface area contributed by atoms with Crippen LogP contribution in [0.1, 0.15) is 17.5 Å². The maximum absolute atomic E-state index is 13.2. The highest BCUT2D eigenvalue weighted by Crippen LogP contribution is 2.44. The molecule has 2 aromatic rings. The van der Waals surface area contributed by atoms with E-state index in [1.54, 1.807) is 62.8 Å². The number of hydrogen-bond acceptors (Lipinski definition) is 2. The molecule has 25 heavy (non-hydrogen) atoms. The third-order valence-electron chi connectivity index (χ3n) is 4.21. The zero-order valence-electron chi connectivity index (χ0n) is 13.9. The van der Waals surface area contributed by atoms with Crippen molar-refractivity contribution in [3.8, 4) is 11.5 Å². The summed E-state index contributed by atoms with van der Waals surface area (Å²) in [7, 11) is 3.10. The van der Waals surface area contributed by atoms with Crippen molar-refractivity contribution in [2.24, 2.45) is 0 Å². The lowest BCUT2D eigenvalue weighted by molar-refractivity contribution is -0.0923. The zero-order chi connectivity index (χ0) is 18.0. The summed E-state index contributed by atoms with van der Waals surface area (Å²) in [6.45, 7) is 0. The average Bonchev–Trinajstić information content (AvgIpc) is 3.07. The van der Waals surface area contributed by atoms with Gasteiger partial charge in [-0.15, -0.1) is 0 Å². The quantitative estimate of drug-likeness (QED) is 0.727. The SMILES string of the molecule is COc1ccc(C2=C(c3ccc(OC)cc3)CC(C(F)(F)F)=C2)cc1. The van der Waals surface area contributed by atoms with E-state index in [1.165, 1.54) is 6.08 Å². The summed E-state index contributed by atoms with van der Waals surface area (Å²) in [4.78, 5) is 0. The molecule has 0 bridgehead atoms. The zero-order valence-corrected chi connectivity index (χ0v) is 13.9. The Morgan fingerprint density at radius 3 is 1.68 bits per heavy atom. The van der Waals surface area contributed by atoms with Crippen LogP contribution in [0.15, 0.2) is 60.2 Å². The predicted octanol–water partition coefficient (Wildman–Crippen LogP) is 5.51. The van der Waals surface area contributed by atoms with Crippen LogP contribution >= 0.6 is 0 Å². The molecule has 3 rings (SSSR count). The molecule has 2 aromatic carbocycles. The summed E-state index contributed by atoms with van der Waals surface area (Å²) in [5.41, 5.74) is 2.18. The maximum Gasteiger partial charge on any atom is 0.413 e. The number of hydrogen-bond donors (Lipinski definition) is 0. The van der Waals surface area contributed by atoms with Crippen molar-refractivity contribution in [1.82, 2.24) is 0 Å². The normalized spacial score (nSPS) is 14.5. The molecule has 5 heteroatoms. The number of halogens is 3. The Bertz CT molecular complexity index is 814. The van der Waals surface area contributed by atoms with Crippen molar-refractivity contribution >= 4 is 11.1 Å². The minimum Gasteiger partial charge on any atom is -0.497 e. The van der Waals surface area contributed by atoms with Crippen molar-refractivity contribution in [1.29, 1.82) is 0 Å². The van der Waals surface area contributed by atoms with Gasteiger partial charge in [-0.1, -0.05) is 24.3 Å². The highest BCUT2D eigenvalue weighted by Gasteiger charge is 2.37. The molecule has 0 amide bonds. The standard InChI is InChI=1S/C20H17F3O2/c1-24-16-7-3-13(4-8-16)18-11-15(20(21,22)23)12-19(18)14-5-9-17(25-2)10-6-14/h3-11H,12H2,1-2H3. The molecule has 1 aliphatic rings. The number of methoxy groups -OCH3 is 2. The predicted molar refractivity (Wildman–Crippen MR) is 91.6 cm³/mol. The molecule has 0 saturated carbocycles. The van der Waals surface area contributed by atoms with E-state index in [9.17, 15) is 13.2 Å². The minimum absolute atomic E-state index is 0.142. The number of ether oxygens (including phenoxy) is 2. The highest BCUT2D eigenvalue weighted by atomic mass is 19.4. The first-order valence-corrected chi connectivity index (χ1v) is 7.72. The molecule has 0 unspecified atom stereocenters. The molecule has 0 fully saturated rings. The van der Waals surface area contributed by atoms with E-state index in [2.05, 4.69) is 0 Å². The van der Waals surface area contributed by atoms with E-state index in [4.69, 9.17) is 9.47 Å². The fourth-order valence-corrected chi connectivity index (χ4v) is 2.86. The topological polar surface area (TPSA) is 18.5 Å². The van der Waals surface area contributed by atoms with Gasteiger partial charge in [0.05, 0.1) is 14.2 Å². The first-order valence-electron chi connectivity index (χ1n) is 7.72. The molecule has 0 aromatic heterocycles. The van der Waals surface area contributed by atoms with Gasteiger partial charge in [0.25, 0.3) is 0 Å². The molecule has 2 nitrogen and oxygen atoms in total. The Balaban J connectivity index is 2.06. The van der Waals surface area contributed by atoms with Crippen LogP contribution in [0.25, 0.3) is 11.1 Å². The highest BCUT2D eigenvalue weighted by molar-refractivity contribution is 6.00. The van der Waals surface area contributed by atoms with E-state index < -0.39 is 11.7 Å². The molecule has 0 spiro atoms. The van der Waals surface area contributed by atoms with Gasteiger partial charge in [0.1, 0.15) is 11.5 Å². The summed E-state index contributed by atoms with van der Waals surface area (Å²) in [6, 6.07) is 14.1. The largest absolute Gasteiger partial charge is 0.497 e. The van der Waals surface area contributed by atoms with Gasteiger partial charge < -0.3 is 9.47 Å². The fraction of sp³-hybridized carbons (Fsp3) is 0.200. The van der Waals surface area contributed by atoms with Crippen molar-refractivity contribution in [2.75, 3.05) is 14.2 Å². The van der Waals surface area contributed by atoms with Crippen molar-refractivity contribution in [3.63, 3.8) is 0 Å². The molecule has 0 radical (unpaired) electrons. The van der Waals surface area contributed by atoms with Crippen molar-refractivity contribution in [3.05, 3.63) is 71.3 Å². The van der Waals surface area contributed by atoms with Crippen LogP contribution < -0.4 is 9.47 Å². The van der Waals surface area contributed by atoms with Gasteiger partial charge in [0.2, 0.25) is 0 Å². The first-order chi connectivity index (χ1) is 11.9. The van der Waals surface area contributed by atoms with Crippen LogP contribution in [0, 0.1) is 0 Å². The van der Waals surface area contributed by atoms with Gasteiger partial charge >= 0.3 is 6.18 Å². The van der Waals surface area contributed by atoms with Gasteiger partial charge in [-0.2, -0.15) is 13.2 Å². The molecular formula is C20H17F3O2. The summed E-state index contributed by atoms with van der Waals surface area (Å²) < 4.78 is 50.0. The monoisotopic (exact) mass is 346 g/mol. The lowest BCUT2D eigenvalue weighted by Crippen LogP contribution is -2.10. The van der Waals surface area contributed by atoms with E-state index in [0.717, 1.165) is 11.1 Å².